The van der Waals surface area contributed by atoms with Gasteiger partial charge in [0.2, 0.25) is 0 Å². The van der Waals surface area contributed by atoms with Crippen molar-refractivity contribution >= 4 is 0 Å². The van der Waals surface area contributed by atoms with Gasteiger partial charge in [0.25, 0.3) is 0 Å². The van der Waals surface area contributed by atoms with Crippen LogP contribution in [0.25, 0.3) is 0 Å². The van der Waals surface area contributed by atoms with Crippen molar-refractivity contribution < 1.29 is 0 Å². The van der Waals surface area contributed by atoms with E-state index in [2.05, 4.69) is 67.5 Å². The van der Waals surface area contributed by atoms with Gasteiger partial charge in [0.15, 0.2) is 0 Å². The van der Waals surface area contributed by atoms with E-state index < -0.39 is 0 Å². The fourth-order valence-electron chi connectivity index (χ4n) is 4.48. The highest BCUT2D eigenvalue weighted by Gasteiger charge is 2.45. The molecule has 2 aliphatic carbocycles. The first kappa shape index (κ1) is 13.1. The van der Waals surface area contributed by atoms with E-state index in [1.807, 2.05) is 0 Å². The Morgan fingerprint density at radius 1 is 0.905 bits per heavy atom. The van der Waals surface area contributed by atoms with Crippen molar-refractivity contribution in [1.82, 2.24) is 4.90 Å². The van der Waals surface area contributed by atoms with Crippen LogP contribution in [0.4, 0.5) is 0 Å². The minimum absolute atomic E-state index is 0.715. The largest absolute Gasteiger partial charge is 0.309 e. The van der Waals surface area contributed by atoms with E-state index in [1.54, 1.807) is 22.3 Å². The van der Waals surface area contributed by atoms with Crippen LogP contribution >= 0.6 is 0 Å². The van der Waals surface area contributed by atoms with Gasteiger partial charge in [-0.2, -0.15) is 0 Å². The molecule has 3 atom stereocenters. The van der Waals surface area contributed by atoms with Crippen LogP contribution < -0.4 is 0 Å². The third kappa shape index (κ3) is 2.11. The van der Waals surface area contributed by atoms with Gasteiger partial charge >= 0.3 is 0 Å². The van der Waals surface area contributed by atoms with Crippen LogP contribution in [0.2, 0.25) is 0 Å². The van der Waals surface area contributed by atoms with Crippen LogP contribution in [0.1, 0.15) is 40.5 Å². The first-order valence-corrected chi connectivity index (χ1v) is 8.04. The molecule has 4 rings (SSSR count). The van der Waals surface area contributed by atoms with Crippen LogP contribution in [0.15, 0.2) is 48.5 Å². The molecule has 1 unspecified atom stereocenters. The van der Waals surface area contributed by atoms with Gasteiger partial charge in [-0.1, -0.05) is 48.5 Å². The average Bonchev–Trinajstić information content (AvgIpc) is 2.56. The highest BCUT2D eigenvalue weighted by Crippen LogP contribution is 2.56. The smallest absolute Gasteiger partial charge is 0.000985 e. The van der Waals surface area contributed by atoms with Gasteiger partial charge in [0.1, 0.15) is 0 Å². The van der Waals surface area contributed by atoms with Crippen LogP contribution in [0.3, 0.4) is 0 Å². The number of benzene rings is 2. The summed E-state index contributed by atoms with van der Waals surface area (Å²) in [7, 11) is 4.40. The third-order valence-corrected chi connectivity index (χ3v) is 5.35. The predicted molar refractivity (Wildman–Crippen MR) is 87.8 cm³/mol. The van der Waals surface area contributed by atoms with Crippen LogP contribution in [0.5, 0.6) is 0 Å². The molecule has 0 spiro atoms. The molecular formula is C20H23N. The number of rotatable bonds is 2. The SMILES string of the molecule is CN(C)CC1C[C@H]2c3ccccc3Cc3ccccc3[C@@H]12. The molecule has 0 amide bonds. The van der Waals surface area contributed by atoms with E-state index >= 15 is 0 Å². The summed E-state index contributed by atoms with van der Waals surface area (Å²) >= 11 is 0. The minimum atomic E-state index is 0.715. The van der Waals surface area contributed by atoms with Gasteiger partial charge in [-0.05, 0) is 66.9 Å². The first-order valence-electron chi connectivity index (χ1n) is 8.04. The lowest BCUT2D eigenvalue weighted by Crippen LogP contribution is -2.39. The van der Waals surface area contributed by atoms with E-state index in [-0.39, 0.29) is 0 Å². The first-order chi connectivity index (χ1) is 10.2. The number of hydrogen-bond donors (Lipinski definition) is 0. The van der Waals surface area contributed by atoms with Crippen LogP contribution in [0, 0.1) is 5.92 Å². The maximum atomic E-state index is 2.38. The molecule has 1 nitrogen and oxygen atoms in total. The van der Waals surface area contributed by atoms with Gasteiger partial charge in [0, 0.05) is 6.54 Å². The maximum absolute atomic E-state index is 2.38. The third-order valence-electron chi connectivity index (χ3n) is 5.35. The molecule has 2 aromatic carbocycles. The molecule has 1 fully saturated rings. The molecule has 0 radical (unpaired) electrons. The number of hydrogen-bond acceptors (Lipinski definition) is 1. The molecule has 1 heteroatoms. The summed E-state index contributed by atoms with van der Waals surface area (Å²) in [6.45, 7) is 1.21. The average molecular weight is 277 g/mol. The summed E-state index contributed by atoms with van der Waals surface area (Å²) in [5.74, 6) is 2.25. The van der Waals surface area contributed by atoms with Crippen molar-refractivity contribution in [2.24, 2.45) is 5.92 Å². The summed E-state index contributed by atoms with van der Waals surface area (Å²) in [5, 5.41) is 0. The summed E-state index contributed by atoms with van der Waals surface area (Å²) < 4.78 is 0. The van der Waals surface area contributed by atoms with Crippen molar-refractivity contribution in [2.75, 3.05) is 20.6 Å². The Balaban J connectivity index is 1.80. The Kier molecular flexibility index (Phi) is 3.11. The second kappa shape index (κ2) is 4.99. The van der Waals surface area contributed by atoms with E-state index in [1.165, 1.54) is 13.0 Å². The maximum Gasteiger partial charge on any atom is 0.000985 e. The molecule has 2 aliphatic rings. The molecular weight excluding hydrogens is 254 g/mol. The Hall–Kier alpha value is -1.60. The Labute approximate surface area is 127 Å². The normalized spacial score (nSPS) is 26.3. The fourth-order valence-corrected chi connectivity index (χ4v) is 4.48. The zero-order chi connectivity index (χ0) is 14.4. The highest BCUT2D eigenvalue weighted by molar-refractivity contribution is 5.47. The monoisotopic (exact) mass is 277 g/mol. The molecule has 2 aromatic rings. The molecule has 108 valence electrons. The molecule has 21 heavy (non-hydrogen) atoms. The Morgan fingerprint density at radius 2 is 1.52 bits per heavy atom. The Bertz CT molecular complexity index is 658. The van der Waals surface area contributed by atoms with Gasteiger partial charge in [-0.25, -0.2) is 0 Å². The molecule has 1 saturated carbocycles. The zero-order valence-electron chi connectivity index (χ0n) is 12.9. The predicted octanol–water partition coefficient (Wildman–Crippen LogP) is 4.04. The Morgan fingerprint density at radius 3 is 2.24 bits per heavy atom. The van der Waals surface area contributed by atoms with Crippen molar-refractivity contribution in [2.45, 2.75) is 24.7 Å². The summed E-state index contributed by atoms with van der Waals surface area (Å²) in [6, 6.07) is 18.2. The van der Waals surface area contributed by atoms with Gasteiger partial charge in [-0.3, -0.25) is 0 Å². The van der Waals surface area contributed by atoms with Crippen LogP contribution in [-0.2, 0) is 6.42 Å². The zero-order valence-corrected chi connectivity index (χ0v) is 12.9. The summed E-state index contributed by atoms with van der Waals surface area (Å²) in [4.78, 5) is 2.35. The minimum Gasteiger partial charge on any atom is -0.309 e. The van der Waals surface area contributed by atoms with Crippen molar-refractivity contribution in [3.8, 4) is 0 Å². The van der Waals surface area contributed by atoms with E-state index in [0.717, 1.165) is 18.3 Å². The lowest BCUT2D eigenvalue weighted by atomic mass is 9.59. The quantitative estimate of drug-likeness (QED) is 0.801. The second-order valence-corrected chi connectivity index (χ2v) is 6.96. The molecule has 0 saturated heterocycles. The van der Waals surface area contributed by atoms with Crippen molar-refractivity contribution in [1.29, 1.82) is 0 Å². The summed E-state index contributed by atoms with van der Waals surface area (Å²) in [5.41, 5.74) is 6.30. The highest BCUT2D eigenvalue weighted by atomic mass is 15.1. The standard InChI is InChI=1S/C20H23N/c1-21(2)13-16-12-19-17-9-5-3-7-14(17)11-15-8-4-6-10-18(15)20(16)19/h3-10,16,19-20H,11-13H2,1-2H3/t16?,19-,20+/m0/s1. The molecule has 0 bridgehead atoms. The van der Waals surface area contributed by atoms with Gasteiger partial charge in [0.05, 0.1) is 0 Å². The fraction of sp³-hybridized carbons (Fsp3) is 0.400. The van der Waals surface area contributed by atoms with Gasteiger partial charge in [-0.15, -0.1) is 0 Å². The summed E-state index contributed by atoms with van der Waals surface area (Å²) in [6.07, 6.45) is 2.45. The van der Waals surface area contributed by atoms with Crippen LogP contribution in [-0.4, -0.2) is 25.5 Å². The number of nitrogens with zero attached hydrogens (tertiary/aromatic N) is 1. The van der Waals surface area contributed by atoms with Gasteiger partial charge < -0.3 is 4.90 Å². The topological polar surface area (TPSA) is 3.24 Å². The van der Waals surface area contributed by atoms with Crippen molar-refractivity contribution in [3.63, 3.8) is 0 Å². The lowest BCUT2D eigenvalue weighted by Gasteiger charge is -2.46. The molecule has 0 aliphatic heterocycles. The second-order valence-electron chi connectivity index (χ2n) is 6.96. The molecule has 0 heterocycles. The van der Waals surface area contributed by atoms with E-state index in [9.17, 15) is 0 Å². The van der Waals surface area contributed by atoms with E-state index in [4.69, 9.17) is 0 Å². The van der Waals surface area contributed by atoms with Crippen molar-refractivity contribution in [3.05, 3.63) is 70.8 Å². The molecule has 0 aromatic heterocycles. The van der Waals surface area contributed by atoms with E-state index in [0.29, 0.717) is 5.92 Å². The molecule has 0 N–H and O–H groups in total. The lowest BCUT2D eigenvalue weighted by molar-refractivity contribution is 0.159. The number of fused-ring (bicyclic) bond motifs is 5.